The van der Waals surface area contributed by atoms with Gasteiger partial charge >= 0.3 is 0 Å². The molecule has 108 valence electrons. The van der Waals surface area contributed by atoms with E-state index in [4.69, 9.17) is 34.8 Å². The molecule has 2 aromatic carbocycles. The number of aromatic nitrogens is 1. The zero-order valence-corrected chi connectivity index (χ0v) is 13.5. The van der Waals surface area contributed by atoms with Crippen molar-refractivity contribution in [3.63, 3.8) is 0 Å². The highest BCUT2D eigenvalue weighted by atomic mass is 35.5. The first-order valence-electron chi connectivity index (χ1n) is 6.53. The summed E-state index contributed by atoms with van der Waals surface area (Å²) in [6.07, 6.45) is 1.92. The number of H-pyrrole nitrogens is 1. The quantitative estimate of drug-likeness (QED) is 0.538. The molecule has 0 saturated carbocycles. The fourth-order valence-electron chi connectivity index (χ4n) is 2.35. The van der Waals surface area contributed by atoms with Crippen molar-refractivity contribution >= 4 is 51.4 Å². The fraction of sp³-hybridized carbons (Fsp3) is 0.125. The molecule has 0 aliphatic rings. The van der Waals surface area contributed by atoms with Crippen LogP contribution in [0.5, 0.6) is 0 Å². The highest BCUT2D eigenvalue weighted by Crippen LogP contribution is 2.36. The van der Waals surface area contributed by atoms with Crippen LogP contribution in [-0.2, 0) is 0 Å². The Morgan fingerprint density at radius 2 is 1.81 bits per heavy atom. The largest absolute Gasteiger partial charge is 0.378 e. The van der Waals surface area contributed by atoms with Gasteiger partial charge in [-0.05, 0) is 42.8 Å². The molecule has 0 fully saturated rings. The van der Waals surface area contributed by atoms with Crippen LogP contribution < -0.4 is 5.32 Å². The van der Waals surface area contributed by atoms with Crippen molar-refractivity contribution in [3.05, 3.63) is 63.2 Å². The molecule has 21 heavy (non-hydrogen) atoms. The Morgan fingerprint density at radius 1 is 1.00 bits per heavy atom. The Morgan fingerprint density at radius 3 is 2.62 bits per heavy atom. The summed E-state index contributed by atoms with van der Waals surface area (Å²) in [5, 5.41) is 5.94. The Balaban J connectivity index is 1.88. The molecule has 1 heterocycles. The lowest BCUT2D eigenvalue weighted by molar-refractivity contribution is 0.885. The van der Waals surface area contributed by atoms with Crippen molar-refractivity contribution in [1.82, 2.24) is 4.98 Å². The van der Waals surface area contributed by atoms with Gasteiger partial charge in [0.05, 0.1) is 21.1 Å². The van der Waals surface area contributed by atoms with Gasteiger partial charge in [-0.3, -0.25) is 0 Å². The van der Waals surface area contributed by atoms with Crippen LogP contribution in [0.25, 0.3) is 10.9 Å². The molecule has 5 heteroatoms. The summed E-state index contributed by atoms with van der Waals surface area (Å²) in [4.78, 5) is 3.17. The van der Waals surface area contributed by atoms with Crippen molar-refractivity contribution in [2.45, 2.75) is 13.0 Å². The van der Waals surface area contributed by atoms with Gasteiger partial charge in [0, 0.05) is 22.8 Å². The number of fused-ring (bicyclic) bond motifs is 1. The van der Waals surface area contributed by atoms with E-state index in [9.17, 15) is 0 Å². The van der Waals surface area contributed by atoms with E-state index in [-0.39, 0.29) is 6.04 Å². The molecule has 1 aromatic heterocycles. The Labute approximate surface area is 138 Å². The third-order valence-electron chi connectivity index (χ3n) is 3.47. The Kier molecular flexibility index (Phi) is 4.03. The van der Waals surface area contributed by atoms with Crippen LogP contribution in [0.2, 0.25) is 15.1 Å². The maximum atomic E-state index is 6.28. The fourth-order valence-corrected chi connectivity index (χ4v) is 3.05. The Hall–Kier alpha value is -1.35. The molecule has 2 N–H and O–H groups in total. The average Bonchev–Trinajstić information content (AvgIpc) is 2.92. The van der Waals surface area contributed by atoms with E-state index in [1.54, 1.807) is 6.07 Å². The number of nitrogens with one attached hydrogen (secondary N) is 2. The number of benzene rings is 2. The van der Waals surface area contributed by atoms with E-state index in [2.05, 4.69) is 16.4 Å². The molecule has 3 aromatic rings. The van der Waals surface area contributed by atoms with E-state index in [0.29, 0.717) is 15.1 Å². The number of halogens is 3. The Bertz CT molecular complexity index is 795. The van der Waals surface area contributed by atoms with Crippen molar-refractivity contribution in [2.24, 2.45) is 0 Å². The van der Waals surface area contributed by atoms with Gasteiger partial charge in [-0.25, -0.2) is 0 Å². The van der Waals surface area contributed by atoms with Gasteiger partial charge in [0.25, 0.3) is 0 Å². The maximum absolute atomic E-state index is 6.28. The molecule has 2 nitrogen and oxygen atoms in total. The zero-order valence-electron chi connectivity index (χ0n) is 11.3. The molecule has 0 spiro atoms. The molecule has 0 saturated heterocycles. The molecule has 0 bridgehead atoms. The minimum atomic E-state index is 0.0173. The first-order chi connectivity index (χ1) is 10.1. The predicted octanol–water partition coefficient (Wildman–Crippen LogP) is 6.30. The van der Waals surface area contributed by atoms with E-state index in [0.717, 1.165) is 22.2 Å². The summed E-state index contributed by atoms with van der Waals surface area (Å²) >= 11 is 18.3. The lowest BCUT2D eigenvalue weighted by Gasteiger charge is -2.18. The van der Waals surface area contributed by atoms with Gasteiger partial charge in [0.1, 0.15) is 0 Å². The van der Waals surface area contributed by atoms with E-state index < -0.39 is 0 Å². The molecule has 1 unspecified atom stereocenters. The first-order valence-corrected chi connectivity index (χ1v) is 7.66. The molecular weight excluding hydrogens is 327 g/mol. The van der Waals surface area contributed by atoms with Crippen LogP contribution >= 0.6 is 34.8 Å². The third kappa shape index (κ3) is 2.84. The van der Waals surface area contributed by atoms with Crippen molar-refractivity contribution in [3.8, 4) is 0 Å². The molecule has 0 radical (unpaired) electrons. The average molecular weight is 340 g/mol. The maximum Gasteiger partial charge on any atom is 0.0782 e. The number of rotatable bonds is 3. The number of anilines is 1. The minimum Gasteiger partial charge on any atom is -0.378 e. The molecule has 1 atom stereocenters. The first kappa shape index (κ1) is 14.6. The topological polar surface area (TPSA) is 27.8 Å². The molecular formula is C16H13Cl3N2. The SMILES string of the molecule is CC(Nc1ccc2[nH]ccc2c1)c1ccc(Cl)c(Cl)c1Cl. The van der Waals surface area contributed by atoms with Crippen LogP contribution in [0.4, 0.5) is 5.69 Å². The number of hydrogen-bond acceptors (Lipinski definition) is 1. The summed E-state index contributed by atoms with van der Waals surface area (Å²) in [6.45, 7) is 2.03. The summed E-state index contributed by atoms with van der Waals surface area (Å²) in [7, 11) is 0. The molecule has 0 aliphatic carbocycles. The summed E-state index contributed by atoms with van der Waals surface area (Å²) in [5.74, 6) is 0. The van der Waals surface area contributed by atoms with Gasteiger partial charge < -0.3 is 10.3 Å². The van der Waals surface area contributed by atoms with Crippen molar-refractivity contribution in [2.75, 3.05) is 5.32 Å². The number of aromatic amines is 1. The smallest absolute Gasteiger partial charge is 0.0782 e. The van der Waals surface area contributed by atoms with E-state index in [1.165, 1.54) is 0 Å². The molecule has 0 aliphatic heterocycles. The van der Waals surface area contributed by atoms with E-state index in [1.807, 2.05) is 37.4 Å². The van der Waals surface area contributed by atoms with Crippen LogP contribution in [0, 0.1) is 0 Å². The second-order valence-electron chi connectivity index (χ2n) is 4.91. The van der Waals surface area contributed by atoms with Gasteiger partial charge in [0.2, 0.25) is 0 Å². The van der Waals surface area contributed by atoms with Gasteiger partial charge in [-0.15, -0.1) is 0 Å². The second kappa shape index (κ2) is 5.80. The zero-order chi connectivity index (χ0) is 15.0. The summed E-state index contributed by atoms with van der Waals surface area (Å²) in [5.41, 5.74) is 3.05. The van der Waals surface area contributed by atoms with Gasteiger partial charge in [-0.2, -0.15) is 0 Å². The monoisotopic (exact) mass is 338 g/mol. The van der Waals surface area contributed by atoms with Crippen LogP contribution in [0.1, 0.15) is 18.5 Å². The van der Waals surface area contributed by atoms with Crippen molar-refractivity contribution in [1.29, 1.82) is 0 Å². The van der Waals surface area contributed by atoms with E-state index >= 15 is 0 Å². The number of hydrogen-bond donors (Lipinski definition) is 2. The molecule has 0 amide bonds. The lowest BCUT2D eigenvalue weighted by Crippen LogP contribution is -2.07. The van der Waals surface area contributed by atoms with Gasteiger partial charge in [-0.1, -0.05) is 40.9 Å². The van der Waals surface area contributed by atoms with Crippen molar-refractivity contribution < 1.29 is 0 Å². The third-order valence-corrected chi connectivity index (χ3v) is 4.78. The molecule has 3 rings (SSSR count). The standard InChI is InChI=1S/C16H13Cl3N2/c1-9(12-3-4-13(17)16(19)15(12)18)21-11-2-5-14-10(8-11)6-7-20-14/h2-9,20-21H,1H3. The minimum absolute atomic E-state index is 0.0173. The van der Waals surface area contributed by atoms with Crippen LogP contribution in [0.15, 0.2) is 42.6 Å². The van der Waals surface area contributed by atoms with Crippen LogP contribution in [-0.4, -0.2) is 4.98 Å². The summed E-state index contributed by atoms with van der Waals surface area (Å²) < 4.78 is 0. The normalized spacial score (nSPS) is 12.6. The van der Waals surface area contributed by atoms with Gasteiger partial charge in [0.15, 0.2) is 0 Å². The van der Waals surface area contributed by atoms with Crippen LogP contribution in [0.3, 0.4) is 0 Å². The predicted molar refractivity (Wildman–Crippen MR) is 91.8 cm³/mol. The highest BCUT2D eigenvalue weighted by Gasteiger charge is 2.14. The second-order valence-corrected chi connectivity index (χ2v) is 6.07. The lowest BCUT2D eigenvalue weighted by atomic mass is 10.1. The summed E-state index contributed by atoms with van der Waals surface area (Å²) in [6, 6.07) is 11.9. The highest BCUT2D eigenvalue weighted by molar-refractivity contribution is 6.48.